The fourth-order valence-electron chi connectivity index (χ4n) is 4.61. The molecule has 3 aromatic rings. The normalized spacial score (nSPS) is 18.9. The third-order valence-corrected chi connectivity index (χ3v) is 6.16. The predicted molar refractivity (Wildman–Crippen MR) is 121 cm³/mol. The van der Waals surface area contributed by atoms with Gasteiger partial charge in [0.2, 0.25) is 11.8 Å². The number of anilines is 3. The highest BCUT2D eigenvalue weighted by Gasteiger charge is 2.36. The molecule has 0 spiro atoms. The van der Waals surface area contributed by atoms with Crippen LogP contribution in [0.5, 0.6) is 0 Å². The second-order valence-electron chi connectivity index (χ2n) is 8.10. The van der Waals surface area contributed by atoms with Crippen molar-refractivity contribution in [2.75, 3.05) is 34.8 Å². The quantitative estimate of drug-likeness (QED) is 0.706. The fourth-order valence-corrected chi connectivity index (χ4v) is 4.61. The van der Waals surface area contributed by atoms with E-state index in [2.05, 4.69) is 16.3 Å². The lowest BCUT2D eigenvalue weighted by Gasteiger charge is -2.22. The number of fused-ring (bicyclic) bond motifs is 1. The van der Waals surface area contributed by atoms with Gasteiger partial charge < -0.3 is 15.1 Å². The van der Waals surface area contributed by atoms with Gasteiger partial charge in [-0.1, -0.05) is 48.5 Å². The standard InChI is InChI=1S/C25H25N3O2/c29-24-16-19(17-28(24)22-13-7-9-18-8-1-2-10-20(18)22)25(30)26-21-11-3-4-12-23(21)27-14-5-6-15-27/h1-4,7-13,19H,5-6,14-17H2,(H,26,30)/t19-/m1/s1. The molecule has 2 fully saturated rings. The largest absolute Gasteiger partial charge is 0.370 e. The maximum absolute atomic E-state index is 13.1. The molecule has 0 aliphatic carbocycles. The molecule has 0 bridgehead atoms. The van der Waals surface area contributed by atoms with E-state index in [1.165, 1.54) is 12.8 Å². The molecule has 0 saturated carbocycles. The summed E-state index contributed by atoms with van der Waals surface area (Å²) in [6.07, 6.45) is 2.60. The van der Waals surface area contributed by atoms with Crippen molar-refractivity contribution in [2.45, 2.75) is 19.3 Å². The molecular weight excluding hydrogens is 374 g/mol. The van der Waals surface area contributed by atoms with Crippen LogP contribution in [0.3, 0.4) is 0 Å². The molecule has 1 N–H and O–H groups in total. The molecule has 2 amide bonds. The van der Waals surface area contributed by atoms with Crippen LogP contribution in [0, 0.1) is 5.92 Å². The molecule has 152 valence electrons. The third kappa shape index (κ3) is 3.41. The van der Waals surface area contributed by atoms with Crippen molar-refractivity contribution in [3.63, 3.8) is 0 Å². The van der Waals surface area contributed by atoms with Crippen molar-refractivity contribution in [1.82, 2.24) is 0 Å². The van der Waals surface area contributed by atoms with Crippen LogP contribution >= 0.6 is 0 Å². The smallest absolute Gasteiger partial charge is 0.229 e. The van der Waals surface area contributed by atoms with Crippen LogP contribution in [0.1, 0.15) is 19.3 Å². The summed E-state index contributed by atoms with van der Waals surface area (Å²) in [6.45, 7) is 2.44. The summed E-state index contributed by atoms with van der Waals surface area (Å²) in [7, 11) is 0. The number of hydrogen-bond acceptors (Lipinski definition) is 3. The van der Waals surface area contributed by atoms with Crippen molar-refractivity contribution in [3.05, 3.63) is 66.7 Å². The highest BCUT2D eigenvalue weighted by Crippen LogP contribution is 2.33. The minimum absolute atomic E-state index is 0.000619. The van der Waals surface area contributed by atoms with E-state index < -0.39 is 0 Å². The van der Waals surface area contributed by atoms with E-state index in [0.29, 0.717) is 6.54 Å². The van der Waals surface area contributed by atoms with E-state index in [0.717, 1.165) is 40.9 Å². The van der Waals surface area contributed by atoms with Gasteiger partial charge >= 0.3 is 0 Å². The van der Waals surface area contributed by atoms with Gasteiger partial charge in [-0.3, -0.25) is 9.59 Å². The first-order chi connectivity index (χ1) is 14.7. The average molecular weight is 399 g/mol. The highest BCUT2D eigenvalue weighted by molar-refractivity contribution is 6.08. The number of rotatable bonds is 4. The van der Waals surface area contributed by atoms with Gasteiger partial charge in [-0.25, -0.2) is 0 Å². The predicted octanol–water partition coefficient (Wildman–Crippen LogP) is 4.43. The molecule has 2 heterocycles. The third-order valence-electron chi connectivity index (χ3n) is 6.16. The number of nitrogens with one attached hydrogen (secondary N) is 1. The second-order valence-corrected chi connectivity index (χ2v) is 8.10. The number of benzene rings is 3. The molecule has 2 aliphatic heterocycles. The van der Waals surface area contributed by atoms with Crippen LogP contribution in [-0.4, -0.2) is 31.4 Å². The molecular formula is C25H25N3O2. The number of nitrogens with zero attached hydrogens (tertiary/aromatic N) is 2. The summed E-state index contributed by atoms with van der Waals surface area (Å²) in [5.41, 5.74) is 2.78. The van der Waals surface area contributed by atoms with Crippen molar-refractivity contribution in [2.24, 2.45) is 5.92 Å². The van der Waals surface area contributed by atoms with E-state index in [1.807, 2.05) is 60.7 Å². The Morgan fingerprint density at radius 1 is 0.867 bits per heavy atom. The van der Waals surface area contributed by atoms with Gasteiger partial charge in [0.25, 0.3) is 0 Å². The lowest BCUT2D eigenvalue weighted by Crippen LogP contribution is -2.29. The van der Waals surface area contributed by atoms with Crippen molar-refractivity contribution < 1.29 is 9.59 Å². The Morgan fingerprint density at radius 3 is 2.43 bits per heavy atom. The Kier molecular flexibility index (Phi) is 4.87. The maximum atomic E-state index is 13.1. The maximum Gasteiger partial charge on any atom is 0.229 e. The number of hydrogen-bond donors (Lipinski definition) is 1. The summed E-state index contributed by atoms with van der Waals surface area (Å²) < 4.78 is 0. The fraction of sp³-hybridized carbons (Fsp3) is 0.280. The molecule has 0 aromatic heterocycles. The highest BCUT2D eigenvalue weighted by atomic mass is 16.2. The van der Waals surface area contributed by atoms with Crippen LogP contribution in [0.15, 0.2) is 66.7 Å². The van der Waals surface area contributed by atoms with Gasteiger partial charge in [0.05, 0.1) is 23.0 Å². The molecule has 3 aromatic carbocycles. The molecule has 5 rings (SSSR count). The monoisotopic (exact) mass is 399 g/mol. The lowest BCUT2D eigenvalue weighted by molar-refractivity contribution is -0.122. The summed E-state index contributed by atoms with van der Waals surface area (Å²) >= 11 is 0. The molecule has 5 nitrogen and oxygen atoms in total. The first-order valence-electron chi connectivity index (χ1n) is 10.6. The summed E-state index contributed by atoms with van der Waals surface area (Å²) in [5.74, 6) is -0.444. The van der Waals surface area contributed by atoms with Crippen molar-refractivity contribution >= 4 is 39.6 Å². The first-order valence-corrected chi connectivity index (χ1v) is 10.6. The Bertz CT molecular complexity index is 1100. The molecule has 5 heteroatoms. The van der Waals surface area contributed by atoms with Gasteiger partial charge in [0, 0.05) is 31.4 Å². The van der Waals surface area contributed by atoms with Crippen LogP contribution in [-0.2, 0) is 9.59 Å². The van der Waals surface area contributed by atoms with Gasteiger partial charge in [-0.15, -0.1) is 0 Å². The van der Waals surface area contributed by atoms with Crippen molar-refractivity contribution in [3.8, 4) is 0 Å². The van der Waals surface area contributed by atoms with E-state index in [1.54, 1.807) is 4.90 Å². The van der Waals surface area contributed by atoms with Gasteiger partial charge in [-0.2, -0.15) is 0 Å². The second kappa shape index (κ2) is 7.82. The van der Waals surface area contributed by atoms with Crippen LogP contribution < -0.4 is 15.1 Å². The lowest BCUT2D eigenvalue weighted by atomic mass is 10.1. The van der Waals surface area contributed by atoms with E-state index in [9.17, 15) is 9.59 Å². The van der Waals surface area contributed by atoms with E-state index >= 15 is 0 Å². The summed E-state index contributed by atoms with van der Waals surface area (Å²) in [5, 5.41) is 5.23. The van der Waals surface area contributed by atoms with Gasteiger partial charge in [0.1, 0.15) is 0 Å². The van der Waals surface area contributed by atoms with Crippen LogP contribution in [0.4, 0.5) is 17.1 Å². The molecule has 0 unspecified atom stereocenters. The minimum atomic E-state index is -0.358. The number of amides is 2. The van der Waals surface area contributed by atoms with Crippen LogP contribution in [0.2, 0.25) is 0 Å². The molecule has 2 saturated heterocycles. The Morgan fingerprint density at radius 2 is 1.57 bits per heavy atom. The zero-order chi connectivity index (χ0) is 20.5. The minimum Gasteiger partial charge on any atom is -0.370 e. The molecule has 2 aliphatic rings. The Labute approximate surface area is 176 Å². The molecule has 30 heavy (non-hydrogen) atoms. The molecule has 1 atom stereocenters. The van der Waals surface area contributed by atoms with E-state index in [4.69, 9.17) is 0 Å². The SMILES string of the molecule is O=C(Nc1ccccc1N1CCCC1)[C@@H]1CC(=O)N(c2cccc3ccccc23)C1. The van der Waals surface area contributed by atoms with Gasteiger partial charge in [0.15, 0.2) is 0 Å². The number of carbonyl (C=O) groups is 2. The molecule has 0 radical (unpaired) electrons. The first kappa shape index (κ1) is 18.7. The average Bonchev–Trinajstić information content (AvgIpc) is 3.44. The zero-order valence-corrected chi connectivity index (χ0v) is 16.9. The van der Waals surface area contributed by atoms with Gasteiger partial charge in [-0.05, 0) is 36.4 Å². The Hall–Kier alpha value is -3.34. The van der Waals surface area contributed by atoms with E-state index in [-0.39, 0.29) is 24.2 Å². The van der Waals surface area contributed by atoms with Crippen LogP contribution in [0.25, 0.3) is 10.8 Å². The van der Waals surface area contributed by atoms with Crippen molar-refractivity contribution in [1.29, 1.82) is 0 Å². The summed E-state index contributed by atoms with van der Waals surface area (Å²) in [4.78, 5) is 29.9. The summed E-state index contributed by atoms with van der Waals surface area (Å²) in [6, 6.07) is 22.0. The zero-order valence-electron chi connectivity index (χ0n) is 16.9. The Balaban J connectivity index is 1.36. The topological polar surface area (TPSA) is 52.7 Å². The number of carbonyl (C=O) groups excluding carboxylic acids is 2. The number of para-hydroxylation sites is 2.